The Morgan fingerprint density at radius 2 is 1.50 bits per heavy atom. The number of ether oxygens (including phenoxy) is 2. The van der Waals surface area contributed by atoms with Crippen molar-refractivity contribution < 1.29 is 33.8 Å². The highest BCUT2D eigenvalue weighted by molar-refractivity contribution is 5.98. The van der Waals surface area contributed by atoms with Crippen molar-refractivity contribution in [2.75, 3.05) is 6.61 Å². The fraction of sp³-hybridized carbons (Fsp3) is 0.0909. The van der Waals surface area contributed by atoms with Crippen LogP contribution in [0.1, 0.15) is 20.7 Å². The third-order valence-corrected chi connectivity index (χ3v) is 1.82. The summed E-state index contributed by atoms with van der Waals surface area (Å²) < 4.78 is 8.12. The van der Waals surface area contributed by atoms with E-state index in [-0.39, 0.29) is 11.1 Å². The Labute approximate surface area is 101 Å². The van der Waals surface area contributed by atoms with Crippen molar-refractivity contribution in [1.29, 1.82) is 0 Å². The first kappa shape index (κ1) is 13.5. The molecule has 0 fully saturated rings. The van der Waals surface area contributed by atoms with Gasteiger partial charge in [-0.3, -0.25) is 0 Å². The molecule has 7 heteroatoms. The largest absolute Gasteiger partial charge is 0.425 e. The van der Waals surface area contributed by atoms with Crippen LogP contribution in [0.25, 0.3) is 0 Å². The first-order valence-corrected chi connectivity index (χ1v) is 4.60. The van der Waals surface area contributed by atoms with E-state index in [0.29, 0.717) is 0 Å². The van der Waals surface area contributed by atoms with Crippen molar-refractivity contribution in [2.45, 2.75) is 0 Å². The van der Waals surface area contributed by atoms with Crippen LogP contribution in [-0.4, -0.2) is 31.0 Å². The molecule has 0 N–H and O–H groups in total. The summed E-state index contributed by atoms with van der Waals surface area (Å²) in [5, 5.41) is 10.1. The number of hydrogen-bond donors (Lipinski definition) is 0. The maximum atomic E-state index is 11.3. The summed E-state index contributed by atoms with van der Waals surface area (Å²) in [4.78, 5) is 42.7. The van der Waals surface area contributed by atoms with E-state index < -0.39 is 24.5 Å². The lowest BCUT2D eigenvalue weighted by atomic mass is 10.1. The molecular weight excluding hydrogens is 244 g/mol. The molecule has 0 saturated carbocycles. The summed E-state index contributed by atoms with van der Waals surface area (Å²) >= 11 is 0. The quantitative estimate of drug-likeness (QED) is 0.551. The van der Waals surface area contributed by atoms with Gasteiger partial charge in [-0.25, -0.2) is 24.3 Å². The van der Waals surface area contributed by atoms with E-state index in [0.717, 1.165) is 6.47 Å². The monoisotopic (exact) mass is 250 g/mol. The van der Waals surface area contributed by atoms with Gasteiger partial charge in [-0.05, 0) is 24.3 Å². The topological polar surface area (TPSA) is 107 Å². The third-order valence-electron chi connectivity index (χ3n) is 1.82. The highest BCUT2D eigenvalue weighted by atomic mass is 16.6. The van der Waals surface area contributed by atoms with Gasteiger partial charge in [0.1, 0.15) is 0 Å². The van der Waals surface area contributed by atoms with E-state index in [9.17, 15) is 24.3 Å². The van der Waals surface area contributed by atoms with E-state index in [2.05, 4.69) is 9.47 Å². The lowest BCUT2D eigenvalue weighted by molar-refractivity contribution is -0.143. The summed E-state index contributed by atoms with van der Waals surface area (Å²) in [6.45, 7) is -0.195. The number of benzene rings is 1. The van der Waals surface area contributed by atoms with E-state index in [1.807, 2.05) is 0 Å². The average Bonchev–Trinajstić information content (AvgIpc) is 2.39. The van der Waals surface area contributed by atoms with Crippen LogP contribution in [0, 0.1) is 0 Å². The molecule has 0 aromatic heterocycles. The van der Waals surface area contributed by atoms with Gasteiger partial charge in [0.2, 0.25) is 0 Å². The Hall–Kier alpha value is -2.54. The van der Waals surface area contributed by atoms with Gasteiger partial charge < -0.3 is 9.47 Å². The van der Waals surface area contributed by atoms with Gasteiger partial charge in [0, 0.05) is 0 Å². The van der Waals surface area contributed by atoms with Crippen molar-refractivity contribution in [1.82, 2.24) is 0 Å². The summed E-state index contributed by atoms with van der Waals surface area (Å²) in [6.07, 6.45) is 0. The van der Waals surface area contributed by atoms with Crippen molar-refractivity contribution in [2.24, 2.45) is 0 Å². The van der Waals surface area contributed by atoms with Crippen LogP contribution >= 0.6 is 0 Å². The molecule has 0 saturated heterocycles. The van der Waals surface area contributed by atoms with Crippen LogP contribution in [-0.2, 0) is 24.2 Å². The molecule has 0 bridgehead atoms. The van der Waals surface area contributed by atoms with Crippen molar-refractivity contribution in [3.8, 4) is 0 Å². The maximum absolute atomic E-state index is 11.3. The predicted molar refractivity (Wildman–Crippen MR) is 53.5 cm³/mol. The standard InChI is InChI=1S/C11H6O7/c12-5-9(14)18-11(16)8-3-1-7(2-4-8)10(15)17-6-13/h1-4H,5H2. The molecule has 0 aliphatic heterocycles. The molecule has 0 amide bonds. The second kappa shape index (κ2) is 6.26. The number of carbonyl (C=O) groups excluding carboxylic acids is 4. The Kier molecular flexibility index (Phi) is 4.70. The molecule has 0 spiro atoms. The van der Waals surface area contributed by atoms with Gasteiger partial charge in [0.25, 0.3) is 0 Å². The van der Waals surface area contributed by atoms with E-state index in [1.165, 1.54) is 24.3 Å². The van der Waals surface area contributed by atoms with Crippen molar-refractivity contribution >= 4 is 24.4 Å². The Morgan fingerprint density at radius 1 is 1.00 bits per heavy atom. The van der Waals surface area contributed by atoms with Crippen LogP contribution in [0.2, 0.25) is 0 Å². The number of hydrogen-bond acceptors (Lipinski definition) is 6. The lowest BCUT2D eigenvalue weighted by Crippen LogP contribution is -2.15. The van der Waals surface area contributed by atoms with Crippen LogP contribution in [0.3, 0.4) is 0 Å². The fourth-order valence-corrected chi connectivity index (χ4v) is 1.03. The Bertz CT molecular complexity index is 475. The molecule has 18 heavy (non-hydrogen) atoms. The average molecular weight is 250 g/mol. The molecule has 0 aliphatic rings. The molecule has 0 heterocycles. The molecule has 7 nitrogen and oxygen atoms in total. The van der Waals surface area contributed by atoms with Crippen LogP contribution < -0.4 is 0 Å². The fourth-order valence-electron chi connectivity index (χ4n) is 1.03. The second-order valence-electron chi connectivity index (χ2n) is 2.96. The van der Waals surface area contributed by atoms with Crippen molar-refractivity contribution in [3.63, 3.8) is 0 Å². The second-order valence-corrected chi connectivity index (χ2v) is 2.96. The van der Waals surface area contributed by atoms with Crippen LogP contribution in [0.5, 0.6) is 0 Å². The van der Waals surface area contributed by atoms with E-state index >= 15 is 0 Å². The molecule has 0 atom stereocenters. The minimum Gasteiger partial charge on any atom is -0.388 e. The van der Waals surface area contributed by atoms with Gasteiger partial charge in [-0.2, -0.15) is 0 Å². The van der Waals surface area contributed by atoms with Gasteiger partial charge >= 0.3 is 24.4 Å². The molecule has 92 valence electrons. The zero-order chi connectivity index (χ0) is 13.5. The molecule has 1 aromatic rings. The zero-order valence-electron chi connectivity index (χ0n) is 8.87. The minimum absolute atomic E-state index is 0.0186. The van der Waals surface area contributed by atoms with Crippen LogP contribution in [0.15, 0.2) is 24.3 Å². The summed E-state index contributed by atoms with van der Waals surface area (Å²) in [7, 11) is 0. The maximum Gasteiger partial charge on any atom is 0.425 e. The van der Waals surface area contributed by atoms with Crippen molar-refractivity contribution in [3.05, 3.63) is 35.4 Å². The lowest BCUT2D eigenvalue weighted by Gasteiger charge is -2.01. The highest BCUT2D eigenvalue weighted by Crippen LogP contribution is 2.07. The van der Waals surface area contributed by atoms with Gasteiger partial charge in [-0.1, -0.05) is 0 Å². The number of rotatable bonds is 4. The van der Waals surface area contributed by atoms with E-state index in [1.54, 1.807) is 0 Å². The normalized spacial score (nSPS) is 9.39. The van der Waals surface area contributed by atoms with Crippen LogP contribution in [0.4, 0.5) is 0 Å². The highest BCUT2D eigenvalue weighted by Gasteiger charge is 2.14. The first-order valence-electron chi connectivity index (χ1n) is 4.60. The van der Waals surface area contributed by atoms with Gasteiger partial charge in [0.15, 0.2) is 6.61 Å². The van der Waals surface area contributed by atoms with E-state index in [4.69, 9.17) is 0 Å². The van der Waals surface area contributed by atoms with Gasteiger partial charge in [0.05, 0.1) is 11.1 Å². The molecule has 0 aliphatic carbocycles. The Morgan fingerprint density at radius 3 is 1.94 bits per heavy atom. The molecular formula is C11H6O7. The number of carbonyl (C=O) groups is 3. The molecule has 1 rings (SSSR count). The van der Waals surface area contributed by atoms with Gasteiger partial charge in [-0.15, -0.1) is 0 Å². The SMILES string of the molecule is [O]CC(=O)OC(=O)c1ccc(C(=O)O[C]=O)cc1. The smallest absolute Gasteiger partial charge is 0.388 e. The first-order chi connectivity index (χ1) is 8.58. The number of esters is 3. The Balaban J connectivity index is 2.76. The molecule has 0 unspecified atom stereocenters. The third kappa shape index (κ3) is 3.49. The predicted octanol–water partition coefficient (Wildman–Crippen LogP) is 0.0245. The summed E-state index contributed by atoms with van der Waals surface area (Å²) in [5.74, 6) is -3.13. The zero-order valence-corrected chi connectivity index (χ0v) is 8.87. The molecule has 2 radical (unpaired) electrons. The minimum atomic E-state index is -1.20. The summed E-state index contributed by atoms with van der Waals surface area (Å²) in [6, 6.07) is 4.75. The summed E-state index contributed by atoms with van der Waals surface area (Å²) in [5.41, 5.74) is -0.00603. The molecule has 1 aromatic carbocycles.